The monoisotopic (exact) mass is 540 g/mol. The average molecular weight is 541 g/mol. The van der Waals surface area contributed by atoms with Gasteiger partial charge in [0.15, 0.2) is 11.6 Å². The maximum atomic E-state index is 13.5. The van der Waals surface area contributed by atoms with Gasteiger partial charge in [-0.05, 0) is 48.0 Å². The molecule has 37 heavy (non-hydrogen) atoms. The molecule has 0 radical (unpaired) electrons. The molecule has 0 unspecified atom stereocenters. The lowest BCUT2D eigenvalue weighted by Gasteiger charge is -2.09. The van der Waals surface area contributed by atoms with Gasteiger partial charge in [0, 0.05) is 26.9 Å². The minimum atomic E-state index is -2.89. The third-order valence-electron chi connectivity index (χ3n) is 5.70. The van der Waals surface area contributed by atoms with E-state index in [0.29, 0.717) is 16.5 Å². The minimum Gasteiger partial charge on any atom is -0.347 e. The molecule has 0 saturated carbocycles. The highest BCUT2D eigenvalue weighted by molar-refractivity contribution is 7.70. The molecule has 0 aliphatic heterocycles. The Bertz CT molecular complexity index is 1780. The van der Waals surface area contributed by atoms with E-state index in [2.05, 4.69) is 10.4 Å². The molecule has 0 atom stereocenters. The third-order valence-corrected chi connectivity index (χ3v) is 7.45. The molecule has 2 aromatic carbocycles. The van der Waals surface area contributed by atoms with Crippen molar-refractivity contribution in [2.24, 2.45) is 0 Å². The number of aromatic nitrogens is 3. The maximum absolute atomic E-state index is 13.5. The minimum absolute atomic E-state index is 0.0197. The SMILES string of the molecule is O=C(NCc1ccc(-c2cccc3c2cnn3[SH](=O)=O)s1)c1cccn(Cc2ccc(F)c(F)c2)c1=O. The molecule has 0 aliphatic carbocycles. The first-order chi connectivity index (χ1) is 17.8. The van der Waals surface area contributed by atoms with E-state index in [1.807, 2.05) is 18.2 Å². The fourth-order valence-corrected chi connectivity index (χ4v) is 5.41. The molecule has 0 saturated heterocycles. The number of amides is 1. The van der Waals surface area contributed by atoms with Crippen LogP contribution in [0.4, 0.5) is 8.78 Å². The zero-order chi connectivity index (χ0) is 26.1. The Morgan fingerprint density at radius 1 is 1.03 bits per heavy atom. The molecule has 3 aromatic heterocycles. The highest BCUT2D eigenvalue weighted by atomic mass is 32.2. The smallest absolute Gasteiger partial charge is 0.263 e. The second-order valence-electron chi connectivity index (χ2n) is 8.06. The van der Waals surface area contributed by atoms with Gasteiger partial charge in [0.05, 0.1) is 24.8 Å². The number of benzene rings is 2. The van der Waals surface area contributed by atoms with Gasteiger partial charge in [-0.3, -0.25) is 9.59 Å². The number of halogens is 2. The Labute approximate surface area is 214 Å². The van der Waals surface area contributed by atoms with E-state index in [4.69, 9.17) is 0 Å². The predicted octanol–water partition coefficient (Wildman–Crippen LogP) is 3.56. The summed E-state index contributed by atoms with van der Waals surface area (Å²) in [6.45, 7) is 0.150. The van der Waals surface area contributed by atoms with E-state index in [0.717, 1.165) is 31.5 Å². The Morgan fingerprint density at radius 2 is 1.86 bits per heavy atom. The van der Waals surface area contributed by atoms with Gasteiger partial charge < -0.3 is 9.88 Å². The molecule has 0 bridgehead atoms. The van der Waals surface area contributed by atoms with Crippen molar-refractivity contribution < 1.29 is 22.0 Å². The van der Waals surface area contributed by atoms with E-state index in [1.165, 1.54) is 46.5 Å². The van der Waals surface area contributed by atoms with Crippen LogP contribution in [0.3, 0.4) is 0 Å². The summed E-state index contributed by atoms with van der Waals surface area (Å²) in [4.78, 5) is 27.3. The van der Waals surface area contributed by atoms with Crippen LogP contribution in [-0.4, -0.2) is 28.1 Å². The second-order valence-corrected chi connectivity index (χ2v) is 10.1. The Morgan fingerprint density at radius 3 is 2.65 bits per heavy atom. The third kappa shape index (κ3) is 4.93. The van der Waals surface area contributed by atoms with Gasteiger partial charge in [0.2, 0.25) is 10.9 Å². The number of nitrogens with zero attached hydrogens (tertiary/aromatic N) is 3. The lowest BCUT2D eigenvalue weighted by Crippen LogP contribution is -2.32. The molecular formula is C25H18F2N4O4S2. The number of pyridine rings is 1. The summed E-state index contributed by atoms with van der Waals surface area (Å²) < 4.78 is 51.7. The van der Waals surface area contributed by atoms with Crippen LogP contribution in [0.15, 0.2) is 77.9 Å². The summed E-state index contributed by atoms with van der Waals surface area (Å²) in [7, 11) is -2.89. The van der Waals surface area contributed by atoms with Gasteiger partial charge in [0.1, 0.15) is 5.56 Å². The van der Waals surface area contributed by atoms with Crippen LogP contribution >= 0.6 is 11.3 Å². The first-order valence-electron chi connectivity index (χ1n) is 10.9. The number of hydrogen-bond acceptors (Lipinski definition) is 6. The molecule has 8 nitrogen and oxygen atoms in total. The van der Waals surface area contributed by atoms with Gasteiger partial charge in [0.25, 0.3) is 11.5 Å². The van der Waals surface area contributed by atoms with E-state index < -0.39 is 34.0 Å². The maximum Gasteiger partial charge on any atom is 0.263 e. The van der Waals surface area contributed by atoms with Crippen LogP contribution in [-0.2, 0) is 24.0 Å². The summed E-state index contributed by atoms with van der Waals surface area (Å²) in [6, 6.07) is 15.3. The average Bonchev–Trinajstić information content (AvgIpc) is 3.53. The Kier molecular flexibility index (Phi) is 6.68. The van der Waals surface area contributed by atoms with Crippen molar-refractivity contribution in [1.82, 2.24) is 19.1 Å². The van der Waals surface area contributed by atoms with Crippen LogP contribution in [0.5, 0.6) is 0 Å². The molecule has 12 heteroatoms. The van der Waals surface area contributed by atoms with Gasteiger partial charge in [-0.25, -0.2) is 17.2 Å². The fourth-order valence-electron chi connectivity index (χ4n) is 3.93. The lowest BCUT2D eigenvalue weighted by molar-refractivity contribution is 0.0949. The number of thiol groups is 1. The predicted molar refractivity (Wildman–Crippen MR) is 136 cm³/mol. The molecule has 0 aliphatic rings. The van der Waals surface area contributed by atoms with Crippen LogP contribution in [0.2, 0.25) is 0 Å². The summed E-state index contributed by atoms with van der Waals surface area (Å²) in [5.74, 6) is -2.56. The van der Waals surface area contributed by atoms with Gasteiger partial charge in [-0.1, -0.05) is 18.2 Å². The quantitative estimate of drug-likeness (QED) is 0.308. The van der Waals surface area contributed by atoms with E-state index in [9.17, 15) is 26.8 Å². The lowest BCUT2D eigenvalue weighted by atomic mass is 10.1. The Hall–Kier alpha value is -4.16. The zero-order valence-corrected chi connectivity index (χ0v) is 20.6. The first-order valence-corrected chi connectivity index (χ1v) is 12.9. The van der Waals surface area contributed by atoms with Gasteiger partial charge in [-0.2, -0.15) is 9.19 Å². The molecule has 1 amide bonds. The molecule has 0 fully saturated rings. The van der Waals surface area contributed by atoms with Crippen molar-refractivity contribution in [2.45, 2.75) is 13.1 Å². The van der Waals surface area contributed by atoms with Crippen LogP contribution < -0.4 is 10.9 Å². The number of fused-ring (bicyclic) bond motifs is 1. The largest absolute Gasteiger partial charge is 0.347 e. The first kappa shape index (κ1) is 24.5. The van der Waals surface area contributed by atoms with Crippen molar-refractivity contribution in [3.05, 3.63) is 111 Å². The number of nitrogens with one attached hydrogen (secondary N) is 1. The summed E-state index contributed by atoms with van der Waals surface area (Å²) in [5, 5.41) is 7.35. The topological polar surface area (TPSA) is 103 Å². The molecule has 1 N–H and O–H groups in total. The standard InChI is InChI=1S/C25H18F2N4O4S2/c26-20-8-6-15(11-21(20)27)14-30-10-2-4-18(25(30)33)24(32)28-12-16-7-9-23(36-16)17-3-1-5-22-19(17)13-29-31(22)37(34)35/h1-11,13,37H,12,14H2,(H,28,32). The van der Waals surface area contributed by atoms with Crippen molar-refractivity contribution in [2.75, 3.05) is 0 Å². The fraction of sp³-hybridized carbons (Fsp3) is 0.0800. The van der Waals surface area contributed by atoms with Crippen molar-refractivity contribution >= 4 is 39.0 Å². The normalized spacial score (nSPS) is 11.3. The number of carbonyl (C=O) groups is 1. The summed E-state index contributed by atoms with van der Waals surface area (Å²) in [6.07, 6.45) is 2.97. The summed E-state index contributed by atoms with van der Waals surface area (Å²) in [5.41, 5.74) is 1.03. The van der Waals surface area contributed by atoms with Crippen LogP contribution in [0, 0.1) is 11.6 Å². The van der Waals surface area contributed by atoms with Gasteiger partial charge in [-0.15, -0.1) is 11.3 Å². The van der Waals surface area contributed by atoms with Gasteiger partial charge >= 0.3 is 0 Å². The van der Waals surface area contributed by atoms with E-state index in [-0.39, 0.29) is 18.7 Å². The molecule has 0 spiro atoms. The van der Waals surface area contributed by atoms with Crippen molar-refractivity contribution in [1.29, 1.82) is 0 Å². The number of carbonyl (C=O) groups excluding carboxylic acids is 1. The number of thiophene rings is 1. The Balaban J connectivity index is 1.31. The van der Waals surface area contributed by atoms with E-state index >= 15 is 0 Å². The number of hydrogen-bond donors (Lipinski definition) is 2. The van der Waals surface area contributed by atoms with Crippen LogP contribution in [0.1, 0.15) is 20.8 Å². The summed E-state index contributed by atoms with van der Waals surface area (Å²) >= 11 is 1.42. The van der Waals surface area contributed by atoms with E-state index in [1.54, 1.807) is 12.1 Å². The zero-order valence-electron chi connectivity index (χ0n) is 18.9. The second kappa shape index (κ2) is 10.1. The highest BCUT2D eigenvalue weighted by Gasteiger charge is 2.15. The highest BCUT2D eigenvalue weighted by Crippen LogP contribution is 2.33. The van der Waals surface area contributed by atoms with Crippen molar-refractivity contribution in [3.8, 4) is 10.4 Å². The molecule has 5 rings (SSSR count). The van der Waals surface area contributed by atoms with Crippen LogP contribution in [0.25, 0.3) is 21.3 Å². The molecular weight excluding hydrogens is 522 g/mol. The molecule has 5 aromatic rings. The number of rotatable bonds is 7. The molecule has 3 heterocycles. The van der Waals surface area contributed by atoms with Crippen molar-refractivity contribution in [3.63, 3.8) is 0 Å². The molecule has 188 valence electrons.